The number of sulfone groups is 1. The standard InChI is InChI=1S/C11H17N3O3S/c1-17-11-9(12)3-4-10(13-11)14-5-2-7-18(15,16)8-6-14/h3-4H,2,5-8,12H2,1H3. The van der Waals surface area contributed by atoms with Crippen LogP contribution in [0, 0.1) is 0 Å². The van der Waals surface area contributed by atoms with Crippen LogP contribution in [-0.2, 0) is 9.84 Å². The van der Waals surface area contributed by atoms with Crippen molar-refractivity contribution in [2.75, 3.05) is 42.3 Å². The Bertz CT molecular complexity index is 530. The van der Waals surface area contributed by atoms with Crippen molar-refractivity contribution in [3.8, 4) is 5.88 Å². The van der Waals surface area contributed by atoms with Gasteiger partial charge in [0.25, 0.3) is 0 Å². The number of hydrogen-bond acceptors (Lipinski definition) is 6. The van der Waals surface area contributed by atoms with Crippen LogP contribution in [0.1, 0.15) is 6.42 Å². The van der Waals surface area contributed by atoms with Gasteiger partial charge in [0.05, 0.1) is 24.3 Å². The number of nitrogens with two attached hydrogens (primary N) is 1. The van der Waals surface area contributed by atoms with Gasteiger partial charge in [0, 0.05) is 13.1 Å². The van der Waals surface area contributed by atoms with Crippen molar-refractivity contribution in [1.29, 1.82) is 0 Å². The summed E-state index contributed by atoms with van der Waals surface area (Å²) < 4.78 is 28.1. The van der Waals surface area contributed by atoms with E-state index in [4.69, 9.17) is 10.5 Å². The molecule has 2 N–H and O–H groups in total. The Morgan fingerprint density at radius 3 is 2.83 bits per heavy atom. The lowest BCUT2D eigenvalue weighted by molar-refractivity contribution is 0.400. The number of nitrogens with zero attached hydrogens (tertiary/aromatic N) is 2. The summed E-state index contributed by atoms with van der Waals surface area (Å²) in [6.07, 6.45) is 0.622. The first-order chi connectivity index (χ1) is 8.52. The maximum absolute atomic E-state index is 11.5. The van der Waals surface area contributed by atoms with Crippen molar-refractivity contribution >= 4 is 21.3 Å². The van der Waals surface area contributed by atoms with Crippen molar-refractivity contribution < 1.29 is 13.2 Å². The molecule has 100 valence electrons. The molecular formula is C11H17N3O3S. The molecule has 18 heavy (non-hydrogen) atoms. The molecule has 1 aromatic heterocycles. The average molecular weight is 271 g/mol. The molecule has 0 bridgehead atoms. The van der Waals surface area contributed by atoms with Gasteiger partial charge in [-0.3, -0.25) is 0 Å². The fourth-order valence-corrected chi connectivity index (χ4v) is 3.22. The highest BCUT2D eigenvalue weighted by Gasteiger charge is 2.20. The van der Waals surface area contributed by atoms with E-state index in [9.17, 15) is 8.42 Å². The highest BCUT2D eigenvalue weighted by Crippen LogP contribution is 2.23. The summed E-state index contributed by atoms with van der Waals surface area (Å²) in [6, 6.07) is 3.51. The minimum atomic E-state index is -2.91. The van der Waals surface area contributed by atoms with Gasteiger partial charge < -0.3 is 15.4 Å². The van der Waals surface area contributed by atoms with Crippen molar-refractivity contribution in [3.05, 3.63) is 12.1 Å². The number of methoxy groups -OCH3 is 1. The third-order valence-electron chi connectivity index (χ3n) is 2.95. The van der Waals surface area contributed by atoms with E-state index in [0.717, 1.165) is 0 Å². The van der Waals surface area contributed by atoms with E-state index in [1.54, 1.807) is 12.1 Å². The SMILES string of the molecule is COc1nc(N2CCCS(=O)(=O)CC2)ccc1N. The zero-order valence-corrected chi connectivity index (χ0v) is 11.1. The number of hydrogen-bond donors (Lipinski definition) is 1. The van der Waals surface area contributed by atoms with Crippen LogP contribution < -0.4 is 15.4 Å². The van der Waals surface area contributed by atoms with E-state index < -0.39 is 9.84 Å². The smallest absolute Gasteiger partial charge is 0.238 e. The van der Waals surface area contributed by atoms with Crippen LogP contribution in [0.25, 0.3) is 0 Å². The molecule has 2 rings (SSSR count). The normalized spacial score (nSPS) is 19.3. The van der Waals surface area contributed by atoms with Crippen LogP contribution in [0.2, 0.25) is 0 Å². The Balaban J connectivity index is 2.21. The molecule has 1 saturated heterocycles. The van der Waals surface area contributed by atoms with Gasteiger partial charge in [-0.1, -0.05) is 0 Å². The maximum atomic E-state index is 11.5. The Morgan fingerprint density at radius 1 is 1.33 bits per heavy atom. The molecule has 0 radical (unpaired) electrons. The highest BCUT2D eigenvalue weighted by atomic mass is 32.2. The first kappa shape index (κ1) is 12.9. The summed E-state index contributed by atoms with van der Waals surface area (Å²) >= 11 is 0. The Hall–Kier alpha value is -1.50. The number of ether oxygens (including phenoxy) is 1. The first-order valence-corrected chi connectivity index (χ1v) is 7.60. The van der Waals surface area contributed by atoms with Crippen LogP contribution in [-0.4, -0.2) is 45.1 Å². The number of rotatable bonds is 2. The molecule has 1 aliphatic rings. The third-order valence-corrected chi connectivity index (χ3v) is 4.66. The number of pyridine rings is 1. The fraction of sp³-hybridized carbons (Fsp3) is 0.545. The summed E-state index contributed by atoms with van der Waals surface area (Å²) in [7, 11) is -1.40. The van der Waals surface area contributed by atoms with Gasteiger partial charge in [0.15, 0.2) is 9.84 Å². The Kier molecular flexibility index (Phi) is 3.60. The summed E-state index contributed by atoms with van der Waals surface area (Å²) in [6.45, 7) is 1.14. The number of anilines is 2. The lowest BCUT2D eigenvalue weighted by Gasteiger charge is -2.21. The summed E-state index contributed by atoms with van der Waals surface area (Å²) in [5.74, 6) is 1.49. The zero-order valence-electron chi connectivity index (χ0n) is 10.3. The molecule has 0 saturated carbocycles. The van der Waals surface area contributed by atoms with Gasteiger partial charge in [0.2, 0.25) is 5.88 Å². The zero-order chi connectivity index (χ0) is 13.2. The molecule has 0 atom stereocenters. The van der Waals surface area contributed by atoms with E-state index in [2.05, 4.69) is 4.98 Å². The summed E-state index contributed by atoms with van der Waals surface area (Å²) in [5.41, 5.74) is 6.18. The van der Waals surface area contributed by atoms with Crippen molar-refractivity contribution in [1.82, 2.24) is 4.98 Å². The van der Waals surface area contributed by atoms with E-state index >= 15 is 0 Å². The molecule has 0 aliphatic carbocycles. The number of nitrogen functional groups attached to an aromatic ring is 1. The van der Waals surface area contributed by atoms with Crippen LogP contribution in [0.4, 0.5) is 11.5 Å². The molecule has 1 fully saturated rings. The van der Waals surface area contributed by atoms with Crippen molar-refractivity contribution in [3.63, 3.8) is 0 Å². The van der Waals surface area contributed by atoms with Gasteiger partial charge in [-0.25, -0.2) is 8.42 Å². The van der Waals surface area contributed by atoms with Crippen molar-refractivity contribution in [2.45, 2.75) is 6.42 Å². The second-order valence-electron chi connectivity index (χ2n) is 4.26. The second kappa shape index (κ2) is 5.01. The van der Waals surface area contributed by atoms with E-state index in [1.807, 2.05) is 4.90 Å². The van der Waals surface area contributed by atoms with Crippen LogP contribution in [0.3, 0.4) is 0 Å². The fourth-order valence-electron chi connectivity index (χ4n) is 1.95. The molecule has 0 aromatic carbocycles. The average Bonchev–Trinajstić information content (AvgIpc) is 2.51. The van der Waals surface area contributed by atoms with E-state index in [-0.39, 0.29) is 11.5 Å². The summed E-state index contributed by atoms with van der Waals surface area (Å²) in [5, 5.41) is 0. The molecule has 1 aliphatic heterocycles. The second-order valence-corrected chi connectivity index (χ2v) is 6.56. The molecule has 2 heterocycles. The Labute approximate surface area is 107 Å². The minimum Gasteiger partial charge on any atom is -0.479 e. The topological polar surface area (TPSA) is 85.5 Å². The van der Waals surface area contributed by atoms with Gasteiger partial charge in [-0.2, -0.15) is 4.98 Å². The summed E-state index contributed by atoms with van der Waals surface area (Å²) in [4.78, 5) is 6.24. The largest absolute Gasteiger partial charge is 0.479 e. The maximum Gasteiger partial charge on any atom is 0.238 e. The van der Waals surface area contributed by atoms with Gasteiger partial charge in [-0.15, -0.1) is 0 Å². The number of aromatic nitrogens is 1. The van der Waals surface area contributed by atoms with Crippen LogP contribution in [0.15, 0.2) is 12.1 Å². The van der Waals surface area contributed by atoms with Crippen molar-refractivity contribution in [2.24, 2.45) is 0 Å². The molecule has 0 unspecified atom stereocenters. The van der Waals surface area contributed by atoms with Gasteiger partial charge in [-0.05, 0) is 18.6 Å². The van der Waals surface area contributed by atoms with Gasteiger partial charge >= 0.3 is 0 Å². The Morgan fingerprint density at radius 2 is 2.11 bits per heavy atom. The molecule has 7 heteroatoms. The molecule has 0 spiro atoms. The highest BCUT2D eigenvalue weighted by molar-refractivity contribution is 7.91. The molecule has 6 nitrogen and oxygen atoms in total. The lowest BCUT2D eigenvalue weighted by atomic mass is 10.3. The van der Waals surface area contributed by atoms with E-state index in [0.29, 0.717) is 36.9 Å². The predicted octanol–water partition coefficient (Wildman–Crippen LogP) is 0.297. The molecule has 1 aromatic rings. The predicted molar refractivity (Wildman–Crippen MR) is 70.7 cm³/mol. The quantitative estimate of drug-likeness (QED) is 0.832. The molecule has 0 amide bonds. The molecular weight excluding hydrogens is 254 g/mol. The first-order valence-electron chi connectivity index (χ1n) is 5.78. The third kappa shape index (κ3) is 2.84. The van der Waals surface area contributed by atoms with Crippen LogP contribution >= 0.6 is 0 Å². The van der Waals surface area contributed by atoms with Crippen LogP contribution in [0.5, 0.6) is 5.88 Å². The lowest BCUT2D eigenvalue weighted by Crippen LogP contribution is -2.27. The van der Waals surface area contributed by atoms with Gasteiger partial charge in [0.1, 0.15) is 5.82 Å². The van der Waals surface area contributed by atoms with E-state index in [1.165, 1.54) is 7.11 Å². The minimum absolute atomic E-state index is 0.168. The monoisotopic (exact) mass is 271 g/mol.